The summed E-state index contributed by atoms with van der Waals surface area (Å²) < 4.78 is 4.39. The summed E-state index contributed by atoms with van der Waals surface area (Å²) in [7, 11) is 0. The first-order valence-corrected chi connectivity index (χ1v) is 8.81. The molecular formula is C20H19ClN3O+. The molecule has 0 spiro atoms. The van der Waals surface area contributed by atoms with E-state index in [1.807, 2.05) is 30.3 Å². The normalized spacial score (nSPS) is 12.8. The summed E-state index contributed by atoms with van der Waals surface area (Å²) in [5, 5.41) is 3.59. The Morgan fingerprint density at radius 1 is 1.12 bits per heavy atom. The van der Waals surface area contributed by atoms with Crippen LogP contribution in [0.3, 0.4) is 0 Å². The number of rotatable bonds is 4. The molecule has 1 amide bonds. The van der Waals surface area contributed by atoms with E-state index in [2.05, 4.69) is 32.8 Å². The topological polar surface area (TPSA) is 37.9 Å². The Morgan fingerprint density at radius 3 is 2.64 bits per heavy atom. The highest BCUT2D eigenvalue weighted by Crippen LogP contribution is 2.24. The van der Waals surface area contributed by atoms with E-state index in [1.165, 1.54) is 17.1 Å². The summed E-state index contributed by atoms with van der Waals surface area (Å²) in [6.07, 6.45) is 4.21. The number of imidazole rings is 1. The quantitative estimate of drug-likeness (QED) is 0.715. The van der Waals surface area contributed by atoms with Crippen molar-refractivity contribution < 1.29 is 9.36 Å². The van der Waals surface area contributed by atoms with E-state index < -0.39 is 0 Å². The van der Waals surface area contributed by atoms with Crippen LogP contribution in [0, 0.1) is 0 Å². The second kappa shape index (κ2) is 6.73. The molecule has 126 valence electrons. The van der Waals surface area contributed by atoms with E-state index in [-0.39, 0.29) is 5.91 Å². The van der Waals surface area contributed by atoms with Crippen molar-refractivity contribution in [1.29, 1.82) is 0 Å². The van der Waals surface area contributed by atoms with Crippen LogP contribution in [0.2, 0.25) is 5.02 Å². The number of hydrogen-bond donors (Lipinski definition) is 1. The number of nitrogens with zero attached hydrogens (tertiary/aromatic N) is 2. The van der Waals surface area contributed by atoms with E-state index in [1.54, 1.807) is 12.1 Å². The van der Waals surface area contributed by atoms with Crippen molar-refractivity contribution in [2.45, 2.75) is 25.9 Å². The van der Waals surface area contributed by atoms with Gasteiger partial charge < -0.3 is 5.32 Å². The minimum atomic E-state index is -0.0350. The molecule has 0 unspecified atom stereocenters. The molecule has 0 aliphatic carbocycles. The molecule has 25 heavy (non-hydrogen) atoms. The molecule has 1 aliphatic heterocycles. The monoisotopic (exact) mass is 352 g/mol. The van der Waals surface area contributed by atoms with Crippen LogP contribution in [0.25, 0.3) is 11.3 Å². The Balaban J connectivity index is 1.57. The second-order valence-electron chi connectivity index (χ2n) is 6.23. The van der Waals surface area contributed by atoms with Gasteiger partial charge in [-0.15, -0.1) is 0 Å². The first kappa shape index (κ1) is 15.9. The van der Waals surface area contributed by atoms with E-state index in [0.29, 0.717) is 11.6 Å². The third-order valence-electron chi connectivity index (χ3n) is 4.51. The molecule has 1 aliphatic rings. The van der Waals surface area contributed by atoms with Crippen LogP contribution in [-0.4, -0.2) is 10.5 Å². The second-order valence-corrected chi connectivity index (χ2v) is 6.67. The maximum absolute atomic E-state index is 12.4. The van der Waals surface area contributed by atoms with Crippen LogP contribution in [0.15, 0.2) is 60.8 Å². The van der Waals surface area contributed by atoms with Crippen molar-refractivity contribution in [2.24, 2.45) is 0 Å². The zero-order valence-electron chi connectivity index (χ0n) is 13.8. The SMILES string of the molecule is O=C(C[n+]1cc(-c2ccccc2)n2c1CCC2)Nc1ccc(Cl)cc1. The molecule has 1 aromatic heterocycles. The molecule has 0 fully saturated rings. The Bertz CT molecular complexity index is 901. The van der Waals surface area contributed by atoms with Gasteiger partial charge in [0.05, 0.1) is 13.0 Å². The number of amides is 1. The average Bonchev–Trinajstić information content (AvgIpc) is 3.22. The largest absolute Gasteiger partial charge is 0.323 e. The Hall–Kier alpha value is -2.59. The van der Waals surface area contributed by atoms with E-state index in [9.17, 15) is 4.79 Å². The van der Waals surface area contributed by atoms with Gasteiger partial charge in [-0.1, -0.05) is 41.9 Å². The van der Waals surface area contributed by atoms with Gasteiger partial charge in [0, 0.05) is 16.3 Å². The van der Waals surface area contributed by atoms with Crippen molar-refractivity contribution >= 4 is 23.2 Å². The van der Waals surface area contributed by atoms with E-state index in [0.717, 1.165) is 25.1 Å². The lowest BCUT2D eigenvalue weighted by atomic mass is 10.2. The highest BCUT2D eigenvalue weighted by molar-refractivity contribution is 6.30. The van der Waals surface area contributed by atoms with Gasteiger partial charge in [0.15, 0.2) is 12.2 Å². The van der Waals surface area contributed by atoms with Crippen molar-refractivity contribution in [3.63, 3.8) is 0 Å². The fourth-order valence-electron chi connectivity index (χ4n) is 3.37. The molecule has 0 bridgehead atoms. The maximum Gasteiger partial charge on any atom is 0.266 e. The molecule has 3 aromatic rings. The van der Waals surface area contributed by atoms with Gasteiger partial charge in [0.2, 0.25) is 0 Å². The Labute approximate surface area is 151 Å². The number of aromatic nitrogens is 2. The minimum Gasteiger partial charge on any atom is -0.323 e. The Kier molecular flexibility index (Phi) is 4.28. The zero-order valence-corrected chi connectivity index (χ0v) is 14.5. The van der Waals surface area contributed by atoms with Crippen molar-refractivity contribution in [3.8, 4) is 11.3 Å². The first-order chi connectivity index (χ1) is 12.2. The molecule has 0 radical (unpaired) electrons. The third kappa shape index (κ3) is 3.30. The number of hydrogen-bond acceptors (Lipinski definition) is 1. The number of carbonyl (C=O) groups excluding carboxylic acids is 1. The summed E-state index contributed by atoms with van der Waals surface area (Å²) in [4.78, 5) is 12.4. The molecule has 4 rings (SSSR count). The zero-order chi connectivity index (χ0) is 17.2. The van der Waals surface area contributed by atoms with Crippen molar-refractivity contribution in [1.82, 2.24) is 4.57 Å². The lowest BCUT2D eigenvalue weighted by Gasteiger charge is -2.04. The predicted molar refractivity (Wildman–Crippen MR) is 98.5 cm³/mol. The van der Waals surface area contributed by atoms with E-state index in [4.69, 9.17) is 11.6 Å². The highest BCUT2D eigenvalue weighted by Gasteiger charge is 2.29. The molecule has 0 saturated carbocycles. The summed E-state index contributed by atoms with van der Waals surface area (Å²) in [5.74, 6) is 1.18. The van der Waals surface area contributed by atoms with Crippen molar-refractivity contribution in [3.05, 3.63) is 71.6 Å². The molecule has 2 heterocycles. The summed E-state index contributed by atoms with van der Waals surface area (Å²) in [6.45, 7) is 1.32. The predicted octanol–water partition coefficient (Wildman–Crippen LogP) is 3.68. The number of nitrogens with one attached hydrogen (secondary N) is 1. The fourth-order valence-corrected chi connectivity index (χ4v) is 3.50. The van der Waals surface area contributed by atoms with Crippen LogP contribution in [0.5, 0.6) is 0 Å². The molecule has 4 nitrogen and oxygen atoms in total. The fraction of sp³-hybridized carbons (Fsp3) is 0.200. The Morgan fingerprint density at radius 2 is 1.88 bits per heavy atom. The third-order valence-corrected chi connectivity index (χ3v) is 4.76. The standard InChI is InChI=1S/C20H18ClN3O/c21-16-8-10-17(11-9-16)22-19(25)14-23-13-18(15-5-2-1-3-6-15)24-12-4-7-20(23)24/h1-3,5-6,8-11,13H,4,7,12,14H2/p+1. The number of benzene rings is 2. The maximum atomic E-state index is 12.4. The molecule has 5 heteroatoms. The molecule has 1 N–H and O–H groups in total. The van der Waals surface area contributed by atoms with Crippen LogP contribution in [0.1, 0.15) is 12.2 Å². The van der Waals surface area contributed by atoms with Crippen LogP contribution < -0.4 is 9.88 Å². The highest BCUT2D eigenvalue weighted by atomic mass is 35.5. The lowest BCUT2D eigenvalue weighted by Crippen LogP contribution is -2.42. The summed E-state index contributed by atoms with van der Waals surface area (Å²) in [5.41, 5.74) is 3.11. The van der Waals surface area contributed by atoms with Crippen molar-refractivity contribution in [2.75, 3.05) is 5.32 Å². The van der Waals surface area contributed by atoms with Gasteiger partial charge in [-0.25, -0.2) is 9.13 Å². The number of anilines is 1. The van der Waals surface area contributed by atoms with E-state index >= 15 is 0 Å². The molecule has 0 atom stereocenters. The van der Waals surface area contributed by atoms with Gasteiger partial charge in [-0.2, -0.15) is 0 Å². The van der Waals surface area contributed by atoms with Crippen LogP contribution in [-0.2, 0) is 24.3 Å². The average molecular weight is 353 g/mol. The number of halogens is 1. The number of fused-ring (bicyclic) bond motifs is 1. The molecular weight excluding hydrogens is 334 g/mol. The van der Waals surface area contributed by atoms with Gasteiger partial charge in [0.1, 0.15) is 6.20 Å². The van der Waals surface area contributed by atoms with Gasteiger partial charge in [-0.05, 0) is 30.7 Å². The van der Waals surface area contributed by atoms with Gasteiger partial charge in [-0.3, -0.25) is 4.79 Å². The summed E-state index contributed by atoms with van der Waals surface area (Å²) >= 11 is 5.88. The van der Waals surface area contributed by atoms with Crippen LogP contribution >= 0.6 is 11.6 Å². The van der Waals surface area contributed by atoms with Crippen LogP contribution in [0.4, 0.5) is 5.69 Å². The first-order valence-electron chi connectivity index (χ1n) is 8.43. The smallest absolute Gasteiger partial charge is 0.266 e. The lowest BCUT2D eigenvalue weighted by molar-refractivity contribution is -0.690. The van der Waals surface area contributed by atoms with Gasteiger partial charge >= 0.3 is 0 Å². The molecule has 0 saturated heterocycles. The molecule has 2 aromatic carbocycles. The number of carbonyl (C=O) groups is 1. The van der Waals surface area contributed by atoms with Gasteiger partial charge in [0.25, 0.3) is 11.7 Å². The summed E-state index contributed by atoms with van der Waals surface area (Å²) in [6, 6.07) is 17.5. The minimum absolute atomic E-state index is 0.0350.